The van der Waals surface area contributed by atoms with Crippen molar-refractivity contribution in [3.05, 3.63) is 35.1 Å². The minimum Gasteiger partial charge on any atom is -0.379 e. The lowest BCUT2D eigenvalue weighted by Gasteiger charge is -2.21. The fourth-order valence-corrected chi connectivity index (χ4v) is 3.67. The highest BCUT2D eigenvalue weighted by Gasteiger charge is 2.34. The van der Waals surface area contributed by atoms with Gasteiger partial charge in [0, 0.05) is 20.0 Å². The van der Waals surface area contributed by atoms with Crippen molar-refractivity contribution in [1.82, 2.24) is 9.62 Å². The van der Waals surface area contributed by atoms with Crippen LogP contribution in [-0.4, -0.2) is 57.7 Å². The zero-order valence-electron chi connectivity index (χ0n) is 13.4. The van der Waals surface area contributed by atoms with Crippen LogP contribution in [-0.2, 0) is 14.8 Å². The first kappa shape index (κ1) is 17.8. The van der Waals surface area contributed by atoms with Gasteiger partial charge >= 0.3 is 0 Å². The molecule has 0 bridgehead atoms. The number of hydrogen-bond donors (Lipinski definition) is 1. The predicted molar refractivity (Wildman–Crippen MR) is 84.2 cm³/mol. The SMILES string of the molecule is Cc1cccc(F)c1C(=O)N[C@H]1COC[C@H]1CS(=O)(=O)N(C)C. The third kappa shape index (κ3) is 4.07. The summed E-state index contributed by atoms with van der Waals surface area (Å²) in [6, 6.07) is 3.95. The van der Waals surface area contributed by atoms with Gasteiger partial charge in [-0.1, -0.05) is 12.1 Å². The third-order valence-corrected chi connectivity index (χ3v) is 5.91. The first-order chi connectivity index (χ1) is 10.7. The second-order valence-electron chi connectivity index (χ2n) is 5.87. The maximum atomic E-state index is 13.9. The summed E-state index contributed by atoms with van der Waals surface area (Å²) in [5, 5.41) is 2.70. The molecule has 6 nitrogen and oxygen atoms in total. The number of carbonyl (C=O) groups excluding carboxylic acids is 1. The Kier molecular flexibility index (Phi) is 5.38. The number of amides is 1. The molecule has 1 aliphatic rings. The molecule has 0 saturated carbocycles. The normalized spacial score (nSPS) is 21.6. The van der Waals surface area contributed by atoms with Crippen LogP contribution in [0.25, 0.3) is 0 Å². The highest BCUT2D eigenvalue weighted by atomic mass is 32.2. The second-order valence-corrected chi connectivity index (χ2v) is 8.10. The van der Waals surface area contributed by atoms with Gasteiger partial charge in [-0.2, -0.15) is 0 Å². The average molecular weight is 344 g/mol. The van der Waals surface area contributed by atoms with Crippen LogP contribution in [0.2, 0.25) is 0 Å². The Bertz CT molecular complexity index is 670. The van der Waals surface area contributed by atoms with Gasteiger partial charge in [0.1, 0.15) is 5.82 Å². The van der Waals surface area contributed by atoms with E-state index in [1.54, 1.807) is 13.0 Å². The van der Waals surface area contributed by atoms with E-state index in [0.717, 1.165) is 4.31 Å². The van der Waals surface area contributed by atoms with Crippen molar-refractivity contribution in [3.63, 3.8) is 0 Å². The van der Waals surface area contributed by atoms with Crippen molar-refractivity contribution in [1.29, 1.82) is 0 Å². The van der Waals surface area contributed by atoms with E-state index in [1.165, 1.54) is 26.2 Å². The van der Waals surface area contributed by atoms with Gasteiger partial charge in [-0.3, -0.25) is 4.79 Å². The Hall–Kier alpha value is -1.51. The average Bonchev–Trinajstić information content (AvgIpc) is 2.84. The van der Waals surface area contributed by atoms with Crippen molar-refractivity contribution in [2.45, 2.75) is 13.0 Å². The molecule has 1 aliphatic heterocycles. The molecular weight excluding hydrogens is 323 g/mol. The highest BCUT2D eigenvalue weighted by molar-refractivity contribution is 7.89. The Morgan fingerprint density at radius 1 is 1.39 bits per heavy atom. The van der Waals surface area contributed by atoms with Crippen LogP contribution in [0.5, 0.6) is 0 Å². The fraction of sp³-hybridized carbons (Fsp3) is 0.533. The van der Waals surface area contributed by atoms with Crippen LogP contribution >= 0.6 is 0 Å². The van der Waals surface area contributed by atoms with Gasteiger partial charge in [0.2, 0.25) is 10.0 Å². The lowest BCUT2D eigenvalue weighted by molar-refractivity contribution is 0.0921. The number of nitrogens with zero attached hydrogens (tertiary/aromatic N) is 1. The molecule has 0 spiro atoms. The maximum absolute atomic E-state index is 13.9. The van der Waals surface area contributed by atoms with E-state index < -0.39 is 27.8 Å². The zero-order chi connectivity index (χ0) is 17.2. The largest absolute Gasteiger partial charge is 0.379 e. The molecule has 1 saturated heterocycles. The standard InChI is InChI=1S/C15H21FN2O4S/c1-10-5-4-6-12(16)14(10)15(19)17-13-8-22-7-11(13)9-23(20,21)18(2)3/h4-6,11,13H,7-9H2,1-3H3,(H,17,19)/t11-,13-/m0/s1. The summed E-state index contributed by atoms with van der Waals surface area (Å²) in [4.78, 5) is 12.3. The Morgan fingerprint density at radius 2 is 2.09 bits per heavy atom. The van der Waals surface area contributed by atoms with Crippen LogP contribution in [0.4, 0.5) is 4.39 Å². The van der Waals surface area contributed by atoms with E-state index in [1.807, 2.05) is 0 Å². The smallest absolute Gasteiger partial charge is 0.254 e. The lowest BCUT2D eigenvalue weighted by Crippen LogP contribution is -2.44. The third-order valence-electron chi connectivity index (χ3n) is 3.94. The van der Waals surface area contributed by atoms with E-state index >= 15 is 0 Å². The van der Waals surface area contributed by atoms with Crippen LogP contribution in [0.3, 0.4) is 0 Å². The van der Waals surface area contributed by atoms with Crippen LogP contribution in [0, 0.1) is 18.7 Å². The van der Waals surface area contributed by atoms with E-state index in [-0.39, 0.29) is 30.4 Å². The molecule has 1 heterocycles. The van der Waals surface area contributed by atoms with Gasteiger partial charge < -0.3 is 10.1 Å². The Morgan fingerprint density at radius 3 is 2.70 bits per heavy atom. The number of hydrogen-bond acceptors (Lipinski definition) is 4. The van der Waals surface area contributed by atoms with Gasteiger partial charge in [-0.15, -0.1) is 0 Å². The van der Waals surface area contributed by atoms with Crippen LogP contribution < -0.4 is 5.32 Å². The Labute approximate surface area is 135 Å². The molecule has 1 N–H and O–H groups in total. The summed E-state index contributed by atoms with van der Waals surface area (Å²) in [6.45, 7) is 2.11. The molecular formula is C15H21FN2O4S. The van der Waals surface area contributed by atoms with Gasteiger partial charge in [-0.05, 0) is 18.6 Å². The van der Waals surface area contributed by atoms with E-state index in [2.05, 4.69) is 5.32 Å². The first-order valence-electron chi connectivity index (χ1n) is 7.26. The molecule has 2 atom stereocenters. The van der Waals surface area contributed by atoms with Gasteiger partial charge in [0.25, 0.3) is 5.91 Å². The fourth-order valence-electron chi connectivity index (χ4n) is 2.50. The topological polar surface area (TPSA) is 75.7 Å². The zero-order valence-corrected chi connectivity index (χ0v) is 14.2. The quantitative estimate of drug-likeness (QED) is 0.856. The van der Waals surface area contributed by atoms with Crippen molar-refractivity contribution < 1.29 is 22.3 Å². The Balaban J connectivity index is 2.11. The number of aryl methyl sites for hydroxylation is 1. The van der Waals surface area contributed by atoms with Gasteiger partial charge in [-0.25, -0.2) is 17.1 Å². The van der Waals surface area contributed by atoms with Gasteiger partial charge in [0.05, 0.1) is 30.6 Å². The van der Waals surface area contributed by atoms with E-state index in [4.69, 9.17) is 4.74 Å². The molecule has 0 aromatic heterocycles. The van der Waals surface area contributed by atoms with Gasteiger partial charge in [0.15, 0.2) is 0 Å². The number of carbonyl (C=O) groups is 1. The highest BCUT2D eigenvalue weighted by Crippen LogP contribution is 2.19. The molecule has 0 radical (unpaired) electrons. The summed E-state index contributed by atoms with van der Waals surface area (Å²) >= 11 is 0. The molecule has 2 rings (SSSR count). The summed E-state index contributed by atoms with van der Waals surface area (Å²) in [6.07, 6.45) is 0. The summed E-state index contributed by atoms with van der Waals surface area (Å²) in [7, 11) is -0.484. The first-order valence-corrected chi connectivity index (χ1v) is 8.87. The molecule has 1 fully saturated rings. The molecule has 0 aliphatic carbocycles. The predicted octanol–water partition coefficient (Wildman–Crippen LogP) is 0.770. The molecule has 0 unspecified atom stereocenters. The number of rotatable bonds is 5. The molecule has 23 heavy (non-hydrogen) atoms. The molecule has 1 aromatic rings. The van der Waals surface area contributed by atoms with Crippen molar-refractivity contribution in [2.24, 2.45) is 5.92 Å². The summed E-state index contributed by atoms with van der Waals surface area (Å²) in [5.41, 5.74) is 0.507. The monoisotopic (exact) mass is 344 g/mol. The van der Waals surface area contributed by atoms with E-state index in [0.29, 0.717) is 5.56 Å². The number of benzene rings is 1. The van der Waals surface area contributed by atoms with Crippen molar-refractivity contribution in [2.75, 3.05) is 33.1 Å². The molecule has 8 heteroatoms. The van der Waals surface area contributed by atoms with Crippen LogP contribution in [0.1, 0.15) is 15.9 Å². The minimum atomic E-state index is -3.40. The second kappa shape index (κ2) is 6.94. The number of ether oxygens (including phenoxy) is 1. The number of sulfonamides is 1. The van der Waals surface area contributed by atoms with Crippen LogP contribution in [0.15, 0.2) is 18.2 Å². The van der Waals surface area contributed by atoms with E-state index in [9.17, 15) is 17.6 Å². The minimum absolute atomic E-state index is 0.0198. The lowest BCUT2D eigenvalue weighted by atomic mass is 10.0. The molecule has 128 valence electrons. The van der Waals surface area contributed by atoms with Crippen molar-refractivity contribution >= 4 is 15.9 Å². The maximum Gasteiger partial charge on any atom is 0.254 e. The number of halogens is 1. The summed E-state index contributed by atoms with van der Waals surface area (Å²) < 4.78 is 44.3. The molecule has 1 amide bonds. The summed E-state index contributed by atoms with van der Waals surface area (Å²) in [5.74, 6) is -1.64. The number of nitrogens with one attached hydrogen (secondary N) is 1. The van der Waals surface area contributed by atoms with Crippen molar-refractivity contribution in [3.8, 4) is 0 Å². The molecule has 1 aromatic carbocycles.